The lowest BCUT2D eigenvalue weighted by Crippen LogP contribution is -1.98. The summed E-state index contributed by atoms with van der Waals surface area (Å²) in [7, 11) is 0. The fourth-order valence-corrected chi connectivity index (χ4v) is 3.02. The molecule has 0 atom stereocenters. The molecule has 9 heteroatoms. The van der Waals surface area contributed by atoms with Gasteiger partial charge in [0.05, 0.1) is 11.3 Å². The van der Waals surface area contributed by atoms with Crippen LogP contribution in [-0.4, -0.2) is 42.2 Å². The number of rotatable bonds is 4. The molecule has 8 nitrogen and oxygen atoms in total. The molecule has 3 aromatic rings. The summed E-state index contributed by atoms with van der Waals surface area (Å²) < 4.78 is 0.765. The molecule has 1 heterocycles. The minimum absolute atomic E-state index is 0.0806. The minimum atomic E-state index is -1.07. The van der Waals surface area contributed by atoms with Gasteiger partial charge in [-0.1, -0.05) is 40.7 Å². The topological polar surface area (TPSA) is 139 Å². The van der Waals surface area contributed by atoms with E-state index in [9.17, 15) is 25.5 Å². The molecule has 2 aromatic carbocycles. The highest BCUT2D eigenvalue weighted by molar-refractivity contribution is 9.10. The summed E-state index contributed by atoms with van der Waals surface area (Å²) >= 11 is 3.36. The van der Waals surface area contributed by atoms with Gasteiger partial charge in [-0.2, -0.15) is 0 Å². The van der Waals surface area contributed by atoms with Gasteiger partial charge in [0.15, 0.2) is 23.1 Å². The van der Waals surface area contributed by atoms with E-state index in [4.69, 9.17) is 0 Å². The number of aromatic hydroxyl groups is 5. The van der Waals surface area contributed by atoms with Crippen molar-refractivity contribution in [1.82, 2.24) is 9.97 Å². The molecular weight excluding hydrogens is 430 g/mol. The van der Waals surface area contributed by atoms with Crippen molar-refractivity contribution < 1.29 is 25.5 Å². The van der Waals surface area contributed by atoms with Crippen LogP contribution in [0.4, 0.5) is 5.82 Å². The van der Waals surface area contributed by atoms with Crippen LogP contribution >= 0.6 is 15.9 Å². The predicted molar refractivity (Wildman–Crippen MR) is 108 cm³/mol. The first-order valence-electron chi connectivity index (χ1n) is 7.76. The predicted octanol–water partition coefficient (Wildman–Crippen LogP) is 4.08. The average Bonchev–Trinajstić information content (AvgIpc) is 2.70. The van der Waals surface area contributed by atoms with Crippen LogP contribution in [-0.2, 0) is 0 Å². The maximum Gasteiger partial charge on any atom is 0.208 e. The number of phenolic OH excluding ortho intramolecular Hbond substituents is 5. The molecule has 0 aliphatic rings. The Labute approximate surface area is 167 Å². The molecule has 0 saturated carbocycles. The third kappa shape index (κ3) is 3.01. The second-order valence-corrected chi connectivity index (χ2v) is 6.54. The van der Waals surface area contributed by atoms with Gasteiger partial charge in [0, 0.05) is 15.6 Å². The van der Waals surface area contributed by atoms with Crippen molar-refractivity contribution in [2.45, 2.75) is 0 Å². The Hall–Kier alpha value is -3.59. The summed E-state index contributed by atoms with van der Waals surface area (Å²) in [5, 5.41) is 50.0. The van der Waals surface area contributed by atoms with Crippen LogP contribution in [0.15, 0.2) is 40.3 Å². The number of aliphatic imine (C=N–C) groups is 1. The number of nitrogens with zero attached hydrogens (tertiary/aromatic N) is 3. The van der Waals surface area contributed by atoms with Crippen LogP contribution in [0.5, 0.6) is 28.7 Å². The van der Waals surface area contributed by atoms with Gasteiger partial charge in [0.1, 0.15) is 0 Å². The normalized spacial score (nSPS) is 10.6. The summed E-state index contributed by atoms with van der Waals surface area (Å²) in [5.74, 6) is -4.60. The molecular formula is C19H14BrN3O5. The highest BCUT2D eigenvalue weighted by atomic mass is 79.9. The molecule has 0 bridgehead atoms. The number of halogens is 1. The third-order valence-corrected chi connectivity index (χ3v) is 4.46. The van der Waals surface area contributed by atoms with E-state index in [1.54, 1.807) is 18.2 Å². The zero-order valence-electron chi connectivity index (χ0n) is 14.3. The fourth-order valence-electron chi connectivity index (χ4n) is 2.62. The van der Waals surface area contributed by atoms with Gasteiger partial charge in [0.25, 0.3) is 0 Å². The molecule has 3 rings (SSSR count). The van der Waals surface area contributed by atoms with Crippen LogP contribution < -0.4 is 0 Å². The average molecular weight is 444 g/mol. The van der Waals surface area contributed by atoms with E-state index < -0.39 is 34.3 Å². The monoisotopic (exact) mass is 443 g/mol. The highest BCUT2D eigenvalue weighted by Gasteiger charge is 2.28. The molecule has 0 spiro atoms. The van der Waals surface area contributed by atoms with E-state index in [2.05, 4.69) is 44.2 Å². The van der Waals surface area contributed by atoms with Gasteiger partial charge in [-0.05, 0) is 18.9 Å². The molecule has 0 fully saturated rings. The number of phenols is 5. The second-order valence-electron chi connectivity index (χ2n) is 5.62. The molecule has 0 saturated heterocycles. The van der Waals surface area contributed by atoms with Crippen LogP contribution in [0.25, 0.3) is 28.7 Å². The van der Waals surface area contributed by atoms with Gasteiger partial charge >= 0.3 is 0 Å². The highest BCUT2D eigenvalue weighted by Crippen LogP contribution is 2.55. The zero-order valence-corrected chi connectivity index (χ0v) is 15.8. The standard InChI is InChI=1S/C19H14BrN3O5/c1-3-10-12(11-13(24)15(26)17(28)16(27)14(11)25)22-18(23-19(10)21-2)8-5-4-6-9(20)7-8/h3-7,24-28H,1-2H2. The van der Waals surface area contributed by atoms with Crippen molar-refractivity contribution >= 4 is 34.5 Å². The van der Waals surface area contributed by atoms with E-state index >= 15 is 0 Å². The summed E-state index contributed by atoms with van der Waals surface area (Å²) in [4.78, 5) is 12.5. The lowest BCUT2D eigenvalue weighted by molar-refractivity contribution is 0.330. The van der Waals surface area contributed by atoms with Crippen LogP contribution in [0.1, 0.15) is 5.56 Å². The van der Waals surface area contributed by atoms with Crippen LogP contribution in [0.3, 0.4) is 0 Å². The Bertz CT molecular complexity index is 1100. The Morgan fingerprint density at radius 1 is 0.929 bits per heavy atom. The minimum Gasteiger partial charge on any atom is -0.504 e. The van der Waals surface area contributed by atoms with Gasteiger partial charge in [-0.3, -0.25) is 0 Å². The molecule has 1 aromatic heterocycles. The Kier molecular flexibility index (Phi) is 4.93. The fraction of sp³-hybridized carbons (Fsp3) is 0. The van der Waals surface area contributed by atoms with Gasteiger partial charge in [0.2, 0.25) is 17.2 Å². The first-order valence-corrected chi connectivity index (χ1v) is 8.55. The summed E-state index contributed by atoms with van der Waals surface area (Å²) in [5.41, 5.74) is 0.264. The van der Waals surface area contributed by atoms with E-state index in [0.29, 0.717) is 5.56 Å². The van der Waals surface area contributed by atoms with Crippen molar-refractivity contribution in [2.75, 3.05) is 0 Å². The maximum atomic E-state index is 10.3. The molecule has 0 aliphatic carbocycles. The first kappa shape index (κ1) is 19.2. The van der Waals surface area contributed by atoms with Crippen molar-refractivity contribution in [3.8, 4) is 51.4 Å². The molecule has 142 valence electrons. The number of hydrogen-bond donors (Lipinski definition) is 5. The smallest absolute Gasteiger partial charge is 0.208 e. The maximum absolute atomic E-state index is 10.3. The van der Waals surface area contributed by atoms with Crippen molar-refractivity contribution in [2.24, 2.45) is 4.99 Å². The van der Waals surface area contributed by atoms with Crippen molar-refractivity contribution in [3.63, 3.8) is 0 Å². The third-order valence-electron chi connectivity index (χ3n) is 3.97. The van der Waals surface area contributed by atoms with E-state index in [1.807, 2.05) is 6.07 Å². The number of benzene rings is 2. The first-order chi connectivity index (χ1) is 13.3. The van der Waals surface area contributed by atoms with Crippen LogP contribution in [0, 0.1) is 0 Å². The van der Waals surface area contributed by atoms with Crippen molar-refractivity contribution in [3.05, 3.63) is 40.9 Å². The molecule has 5 N–H and O–H groups in total. The van der Waals surface area contributed by atoms with Crippen LogP contribution in [0.2, 0.25) is 0 Å². The summed E-state index contributed by atoms with van der Waals surface area (Å²) in [6.45, 7) is 7.11. The van der Waals surface area contributed by atoms with Gasteiger partial charge in [-0.25, -0.2) is 15.0 Å². The van der Waals surface area contributed by atoms with E-state index in [0.717, 1.165) is 4.47 Å². The molecule has 28 heavy (non-hydrogen) atoms. The number of aromatic nitrogens is 2. The number of hydrogen-bond acceptors (Lipinski definition) is 8. The van der Waals surface area contributed by atoms with Gasteiger partial charge in [-0.15, -0.1) is 0 Å². The summed E-state index contributed by atoms with van der Waals surface area (Å²) in [6.07, 6.45) is 1.32. The molecule has 0 radical (unpaired) electrons. The van der Waals surface area contributed by atoms with E-state index in [-0.39, 0.29) is 22.9 Å². The van der Waals surface area contributed by atoms with Crippen molar-refractivity contribution in [1.29, 1.82) is 0 Å². The molecule has 0 aliphatic heterocycles. The van der Waals surface area contributed by atoms with Gasteiger partial charge < -0.3 is 25.5 Å². The quantitative estimate of drug-likeness (QED) is 0.232. The molecule has 0 amide bonds. The lowest BCUT2D eigenvalue weighted by atomic mass is 10.0. The Morgan fingerprint density at radius 2 is 1.54 bits per heavy atom. The Balaban J connectivity index is 2.43. The lowest BCUT2D eigenvalue weighted by Gasteiger charge is -2.15. The summed E-state index contributed by atoms with van der Waals surface area (Å²) in [6, 6.07) is 7.04. The Morgan fingerprint density at radius 3 is 2.07 bits per heavy atom. The SMILES string of the molecule is C=Cc1c(N=C)nc(-c2cccc(Br)c2)nc1-c1c(O)c(O)c(O)c(O)c1O. The zero-order chi connectivity index (χ0) is 20.6. The van der Waals surface area contributed by atoms with E-state index in [1.165, 1.54) is 6.08 Å². The molecule has 0 unspecified atom stereocenters. The largest absolute Gasteiger partial charge is 0.504 e. The second kappa shape index (κ2) is 7.20.